The van der Waals surface area contributed by atoms with Crippen LogP contribution in [0.1, 0.15) is 102 Å². The Balaban J connectivity index is 1.43. The van der Waals surface area contributed by atoms with Crippen molar-refractivity contribution in [1.82, 2.24) is 9.13 Å². The molecule has 8 heteroatoms. The number of esters is 2. The largest absolute Gasteiger partial charge is 0.473 e. The van der Waals surface area contributed by atoms with E-state index in [4.69, 9.17) is 14.2 Å². The summed E-state index contributed by atoms with van der Waals surface area (Å²) in [5.41, 5.74) is 5.50. The molecule has 58 heavy (non-hydrogen) atoms. The van der Waals surface area contributed by atoms with Crippen molar-refractivity contribution in [2.45, 2.75) is 86.9 Å². The van der Waals surface area contributed by atoms with E-state index < -0.39 is 11.6 Å². The van der Waals surface area contributed by atoms with Gasteiger partial charge in [-0.2, -0.15) is 0 Å². The van der Waals surface area contributed by atoms with Crippen LogP contribution in [0.2, 0.25) is 0 Å². The molecule has 1 aliphatic carbocycles. The summed E-state index contributed by atoms with van der Waals surface area (Å²) in [7, 11) is 0. The first kappa shape index (κ1) is 37.7. The highest BCUT2D eigenvalue weighted by Gasteiger charge is 2.55. The Kier molecular flexibility index (Phi) is 9.02. The number of ether oxygens (including phenoxy) is 3. The maximum Gasteiger partial charge on any atom is 0.340 e. The lowest BCUT2D eigenvalue weighted by Gasteiger charge is -2.42. The normalized spacial score (nSPS) is 16.1. The molecule has 1 aliphatic heterocycles. The molecule has 7 aromatic rings. The van der Waals surface area contributed by atoms with E-state index in [9.17, 15) is 9.59 Å². The standard InChI is InChI=1S/C50H50N2O6/c1-9-56-48(54)40-29(7)51(25-27(3)4)44-36-21-31-15-11-13-17-33(31)23-38(36)46-35(42(40)44)19-20-50(58-46)43-41(49(55)57-10-2)30(8)52(26-28(5)6)45(43)37-22-32-16-12-14-18-34(32)24-39(37)47(50)53/h11-18,21-24,27-28H,9-10,19-20,25-26H2,1-8H3. The molecule has 1 spiro atoms. The average Bonchev–Trinajstić information content (AvgIpc) is 3.65. The number of nitrogens with zero attached hydrogens (tertiary/aromatic N) is 2. The Labute approximate surface area is 338 Å². The van der Waals surface area contributed by atoms with E-state index in [-0.39, 0.29) is 37.3 Å². The summed E-state index contributed by atoms with van der Waals surface area (Å²) in [6.07, 6.45) is 0.664. The van der Waals surface area contributed by atoms with Gasteiger partial charge in [0.25, 0.3) is 0 Å². The molecule has 2 aliphatic rings. The summed E-state index contributed by atoms with van der Waals surface area (Å²) in [6, 6.07) is 24.7. The first-order chi connectivity index (χ1) is 27.9. The van der Waals surface area contributed by atoms with Gasteiger partial charge in [-0.05, 0) is 91.8 Å². The zero-order valence-corrected chi connectivity index (χ0v) is 34.7. The summed E-state index contributed by atoms with van der Waals surface area (Å²) in [5, 5.41) is 6.63. The SMILES string of the molecule is CCOC(=O)c1c2c(n(CC(C)C)c1C)-c1cc3ccccc3cc1C(=O)C21CCc2c(c3cc4ccccc4cc3c3c2c(C(=O)OCC)c(C)n3CC(C)C)O1. The maximum absolute atomic E-state index is 15.8. The second-order valence-corrected chi connectivity index (χ2v) is 16.9. The van der Waals surface area contributed by atoms with Crippen LogP contribution in [0.15, 0.2) is 72.8 Å². The van der Waals surface area contributed by atoms with E-state index in [0.29, 0.717) is 53.4 Å². The Morgan fingerprint density at radius 2 is 1.24 bits per heavy atom. The van der Waals surface area contributed by atoms with Gasteiger partial charge < -0.3 is 23.3 Å². The van der Waals surface area contributed by atoms with Gasteiger partial charge in [0.05, 0.1) is 35.6 Å². The molecule has 8 nitrogen and oxygen atoms in total. The van der Waals surface area contributed by atoms with Crippen LogP contribution in [-0.2, 0) is 34.6 Å². The molecular formula is C50H50N2O6. The summed E-state index contributed by atoms with van der Waals surface area (Å²) in [5.74, 6) is 0.0518. The minimum Gasteiger partial charge on any atom is -0.473 e. The van der Waals surface area contributed by atoms with E-state index >= 15 is 4.79 Å². The number of benzene rings is 5. The Morgan fingerprint density at radius 3 is 1.83 bits per heavy atom. The van der Waals surface area contributed by atoms with Crippen LogP contribution in [0.4, 0.5) is 0 Å². The molecule has 0 radical (unpaired) electrons. The first-order valence-corrected chi connectivity index (χ1v) is 20.7. The van der Waals surface area contributed by atoms with Gasteiger partial charge in [-0.3, -0.25) is 4.79 Å². The summed E-state index contributed by atoms with van der Waals surface area (Å²) >= 11 is 0. The fourth-order valence-electron chi connectivity index (χ4n) is 9.89. The first-order valence-electron chi connectivity index (χ1n) is 20.7. The zero-order valence-electron chi connectivity index (χ0n) is 34.7. The van der Waals surface area contributed by atoms with E-state index in [1.807, 2.05) is 57.2 Å². The van der Waals surface area contributed by atoms with Crippen molar-refractivity contribution < 1.29 is 28.6 Å². The highest BCUT2D eigenvalue weighted by molar-refractivity contribution is 6.22. The van der Waals surface area contributed by atoms with E-state index in [1.54, 1.807) is 6.92 Å². The summed E-state index contributed by atoms with van der Waals surface area (Å²) in [4.78, 5) is 44.2. The maximum atomic E-state index is 15.8. The van der Waals surface area contributed by atoms with E-state index in [0.717, 1.165) is 71.4 Å². The van der Waals surface area contributed by atoms with Gasteiger partial charge in [-0.15, -0.1) is 0 Å². The van der Waals surface area contributed by atoms with E-state index in [2.05, 4.69) is 73.2 Å². The van der Waals surface area contributed by atoms with Gasteiger partial charge in [-0.25, -0.2) is 9.59 Å². The predicted octanol–water partition coefficient (Wildman–Crippen LogP) is 11.3. The molecule has 0 bridgehead atoms. The summed E-state index contributed by atoms with van der Waals surface area (Å²) < 4.78 is 23.6. The van der Waals surface area contributed by atoms with Crippen LogP contribution < -0.4 is 4.74 Å². The number of rotatable bonds is 8. The molecule has 1 atom stereocenters. The number of aryl methyl sites for hydroxylation is 1. The van der Waals surface area contributed by atoms with Crippen molar-refractivity contribution in [1.29, 1.82) is 0 Å². The molecule has 0 amide bonds. The highest BCUT2D eigenvalue weighted by Crippen LogP contribution is 2.56. The number of aromatic nitrogens is 2. The van der Waals surface area contributed by atoms with Crippen molar-refractivity contribution >= 4 is 60.9 Å². The lowest BCUT2D eigenvalue weighted by Crippen LogP contribution is -2.48. The van der Waals surface area contributed by atoms with Crippen molar-refractivity contribution in [2.24, 2.45) is 11.8 Å². The second kappa shape index (κ2) is 13.9. The Bertz CT molecular complexity index is 2890. The molecule has 2 aromatic heterocycles. The third kappa shape index (κ3) is 5.44. The van der Waals surface area contributed by atoms with Crippen molar-refractivity contribution in [3.05, 3.63) is 112 Å². The fraction of sp³-hybridized carbons (Fsp3) is 0.340. The lowest BCUT2D eigenvalue weighted by molar-refractivity contribution is 0.0317. The lowest BCUT2D eigenvalue weighted by atomic mass is 9.71. The van der Waals surface area contributed by atoms with Crippen LogP contribution in [0.25, 0.3) is 54.5 Å². The van der Waals surface area contributed by atoms with Gasteiger partial charge in [0.1, 0.15) is 5.75 Å². The number of Topliss-reactive ketones (excluding diaryl/α,β-unsaturated/α-hetero) is 1. The van der Waals surface area contributed by atoms with Gasteiger partial charge in [0.2, 0.25) is 5.78 Å². The molecule has 0 saturated carbocycles. The van der Waals surface area contributed by atoms with Crippen molar-refractivity contribution in [3.63, 3.8) is 0 Å². The average molecular weight is 775 g/mol. The monoisotopic (exact) mass is 774 g/mol. The smallest absolute Gasteiger partial charge is 0.340 e. The van der Waals surface area contributed by atoms with Gasteiger partial charge in [0, 0.05) is 69.3 Å². The quantitative estimate of drug-likeness (QED) is 0.113. The number of carbonyl (C=O) groups excluding carboxylic acids is 3. The van der Waals surface area contributed by atoms with Gasteiger partial charge >= 0.3 is 11.9 Å². The summed E-state index contributed by atoms with van der Waals surface area (Å²) in [6.45, 7) is 18.0. The second-order valence-electron chi connectivity index (χ2n) is 16.9. The number of carbonyl (C=O) groups is 3. The molecule has 9 rings (SSSR count). The molecule has 3 heterocycles. The topological polar surface area (TPSA) is 88.8 Å². The minimum atomic E-state index is -1.57. The molecule has 0 fully saturated rings. The number of fused-ring (bicyclic) bond motifs is 12. The minimum absolute atomic E-state index is 0.188. The van der Waals surface area contributed by atoms with Crippen LogP contribution in [-0.4, -0.2) is 40.1 Å². The third-order valence-electron chi connectivity index (χ3n) is 12.2. The van der Waals surface area contributed by atoms with Gasteiger partial charge in [0.15, 0.2) is 5.60 Å². The highest BCUT2D eigenvalue weighted by atomic mass is 16.5. The molecule has 0 saturated heterocycles. The number of hydrogen-bond acceptors (Lipinski definition) is 6. The predicted molar refractivity (Wildman–Crippen MR) is 230 cm³/mol. The molecule has 0 N–H and O–H groups in total. The van der Waals surface area contributed by atoms with Crippen molar-refractivity contribution in [2.75, 3.05) is 13.2 Å². The van der Waals surface area contributed by atoms with Crippen LogP contribution in [0.3, 0.4) is 0 Å². The Morgan fingerprint density at radius 1 is 0.724 bits per heavy atom. The van der Waals surface area contributed by atoms with Crippen LogP contribution in [0, 0.1) is 25.7 Å². The van der Waals surface area contributed by atoms with Crippen molar-refractivity contribution in [3.8, 4) is 17.0 Å². The molecule has 1 unspecified atom stereocenters. The van der Waals surface area contributed by atoms with Crippen LogP contribution in [0.5, 0.6) is 5.75 Å². The van der Waals surface area contributed by atoms with E-state index in [1.165, 1.54) is 0 Å². The third-order valence-corrected chi connectivity index (χ3v) is 12.2. The zero-order chi connectivity index (χ0) is 40.8. The number of hydrogen-bond donors (Lipinski definition) is 0. The molecule has 296 valence electrons. The molecule has 5 aromatic carbocycles. The Hall–Kier alpha value is -5.89. The van der Waals surface area contributed by atoms with Crippen LogP contribution >= 0.6 is 0 Å². The number of ketones is 1. The fourth-order valence-corrected chi connectivity index (χ4v) is 9.89. The van der Waals surface area contributed by atoms with Gasteiger partial charge in [-0.1, -0.05) is 76.2 Å². The molecular weight excluding hydrogens is 725 g/mol.